The molecule has 0 atom stereocenters. The van der Waals surface area contributed by atoms with Crippen LogP contribution in [0.2, 0.25) is 0 Å². The molecule has 0 aliphatic rings. The maximum absolute atomic E-state index is 12.8. The fourth-order valence-corrected chi connectivity index (χ4v) is 1.21. The normalized spacial score (nSPS) is 12.8. The Hall–Kier alpha value is -1.47. The van der Waals surface area contributed by atoms with Gasteiger partial charge in [-0.1, -0.05) is 6.92 Å². The fourth-order valence-electron chi connectivity index (χ4n) is 1.21. The highest BCUT2D eigenvalue weighted by Crippen LogP contribution is 2.37. The Labute approximate surface area is 93.2 Å². The number of nitrogens with zero attached hydrogens (tertiary/aromatic N) is 2. The molecule has 8 heteroatoms. The average Bonchev–Trinajstić information content (AvgIpc) is 2.63. The van der Waals surface area contributed by atoms with Crippen LogP contribution >= 0.6 is 0 Å². The van der Waals surface area contributed by atoms with Crippen molar-refractivity contribution in [3.63, 3.8) is 0 Å². The maximum Gasteiger partial charge on any atom is 0.461 e. The molecule has 96 valence electrons. The molecule has 0 aromatic carbocycles. The molecule has 0 saturated heterocycles. The molecule has 0 radical (unpaired) electrons. The van der Waals surface area contributed by atoms with Gasteiger partial charge in [0, 0.05) is 18.9 Å². The van der Waals surface area contributed by atoms with Gasteiger partial charge in [-0.15, -0.1) is 0 Å². The summed E-state index contributed by atoms with van der Waals surface area (Å²) < 4.78 is 62.5. The van der Waals surface area contributed by atoms with Gasteiger partial charge in [-0.05, 0) is 6.42 Å². The first-order valence-electron chi connectivity index (χ1n) is 4.72. The summed E-state index contributed by atoms with van der Waals surface area (Å²) in [5.41, 5.74) is 0. The van der Waals surface area contributed by atoms with E-state index in [1.807, 2.05) is 0 Å². The number of hydrogen-bond donors (Lipinski definition) is 0. The Morgan fingerprint density at radius 3 is 2.41 bits per heavy atom. The first kappa shape index (κ1) is 13.6. The van der Waals surface area contributed by atoms with Crippen molar-refractivity contribution in [3.8, 4) is 0 Å². The van der Waals surface area contributed by atoms with Gasteiger partial charge >= 0.3 is 12.1 Å². The van der Waals surface area contributed by atoms with Crippen LogP contribution in [-0.4, -0.2) is 27.4 Å². The van der Waals surface area contributed by atoms with Crippen LogP contribution in [0.4, 0.5) is 22.0 Å². The Morgan fingerprint density at radius 1 is 1.35 bits per heavy atom. The molecule has 3 nitrogen and oxygen atoms in total. The highest BCUT2D eigenvalue weighted by atomic mass is 19.4. The van der Waals surface area contributed by atoms with Crippen LogP contribution in [0.15, 0.2) is 12.4 Å². The molecule has 0 fully saturated rings. The van der Waals surface area contributed by atoms with E-state index in [9.17, 15) is 26.7 Å². The molecule has 0 spiro atoms. The lowest BCUT2D eigenvalue weighted by Gasteiger charge is -2.18. The van der Waals surface area contributed by atoms with E-state index < -0.39 is 23.7 Å². The molecule has 0 bridgehead atoms. The number of carbonyl (C=O) groups is 1. The van der Waals surface area contributed by atoms with E-state index in [1.165, 1.54) is 6.20 Å². The Balaban J connectivity index is 3.08. The summed E-state index contributed by atoms with van der Waals surface area (Å²) in [6, 6.07) is 0. The van der Waals surface area contributed by atoms with Crippen LogP contribution in [0.5, 0.6) is 0 Å². The van der Waals surface area contributed by atoms with Gasteiger partial charge in [-0.2, -0.15) is 22.0 Å². The number of imidazole rings is 1. The highest BCUT2D eigenvalue weighted by Gasteiger charge is 2.64. The number of rotatable bonds is 4. The standard InChI is InChI=1S/C9H9F5N2O/c1-2-4-16-5-3-15-7(16)6(17)8(10,11)9(12,13)14/h3,5H,2,4H2,1H3. The zero-order chi connectivity index (χ0) is 13.3. The third-order valence-electron chi connectivity index (χ3n) is 2.02. The monoisotopic (exact) mass is 256 g/mol. The summed E-state index contributed by atoms with van der Waals surface area (Å²) in [4.78, 5) is 14.4. The summed E-state index contributed by atoms with van der Waals surface area (Å²) in [7, 11) is 0. The second kappa shape index (κ2) is 4.42. The van der Waals surface area contributed by atoms with Gasteiger partial charge in [-0.25, -0.2) is 4.98 Å². The number of halogens is 5. The molecule has 0 aliphatic heterocycles. The lowest BCUT2D eigenvalue weighted by Crippen LogP contribution is -2.45. The number of alkyl halides is 5. The lowest BCUT2D eigenvalue weighted by molar-refractivity contribution is -0.256. The Morgan fingerprint density at radius 2 is 1.94 bits per heavy atom. The second-order valence-corrected chi connectivity index (χ2v) is 3.35. The molecule has 1 heterocycles. The van der Waals surface area contributed by atoms with Crippen molar-refractivity contribution in [2.75, 3.05) is 0 Å². The summed E-state index contributed by atoms with van der Waals surface area (Å²) in [6.07, 6.45) is -3.24. The van der Waals surface area contributed by atoms with E-state index in [1.54, 1.807) is 6.92 Å². The minimum absolute atomic E-state index is 0.148. The quantitative estimate of drug-likeness (QED) is 0.613. The SMILES string of the molecule is CCCn1ccnc1C(=O)C(F)(F)C(F)(F)F. The van der Waals surface area contributed by atoms with Gasteiger partial charge in [0.2, 0.25) is 0 Å². The van der Waals surface area contributed by atoms with Gasteiger partial charge in [0.1, 0.15) is 0 Å². The first-order chi connectivity index (χ1) is 7.71. The minimum Gasteiger partial charge on any atom is -0.328 e. The van der Waals surface area contributed by atoms with E-state index in [-0.39, 0.29) is 6.54 Å². The van der Waals surface area contributed by atoms with Crippen molar-refractivity contribution in [3.05, 3.63) is 18.2 Å². The van der Waals surface area contributed by atoms with Crippen LogP contribution in [0.3, 0.4) is 0 Å². The molecule has 1 aromatic heterocycles. The number of hydrogen-bond acceptors (Lipinski definition) is 2. The molecule has 0 aliphatic carbocycles. The molecular weight excluding hydrogens is 247 g/mol. The van der Waals surface area contributed by atoms with E-state index in [0.717, 1.165) is 10.8 Å². The third kappa shape index (κ3) is 2.45. The molecule has 0 N–H and O–H groups in total. The van der Waals surface area contributed by atoms with E-state index >= 15 is 0 Å². The topological polar surface area (TPSA) is 34.9 Å². The van der Waals surface area contributed by atoms with Gasteiger partial charge in [-0.3, -0.25) is 4.79 Å². The second-order valence-electron chi connectivity index (χ2n) is 3.35. The van der Waals surface area contributed by atoms with E-state index in [2.05, 4.69) is 4.98 Å². The molecule has 17 heavy (non-hydrogen) atoms. The molecule has 0 amide bonds. The van der Waals surface area contributed by atoms with Crippen LogP contribution in [0.25, 0.3) is 0 Å². The largest absolute Gasteiger partial charge is 0.461 e. The average molecular weight is 256 g/mol. The van der Waals surface area contributed by atoms with E-state index in [0.29, 0.717) is 6.42 Å². The zero-order valence-electron chi connectivity index (χ0n) is 8.76. The van der Waals surface area contributed by atoms with Crippen molar-refractivity contribution in [1.82, 2.24) is 9.55 Å². The van der Waals surface area contributed by atoms with Crippen molar-refractivity contribution < 1.29 is 26.7 Å². The van der Waals surface area contributed by atoms with Gasteiger partial charge in [0.25, 0.3) is 5.78 Å². The van der Waals surface area contributed by atoms with Crippen molar-refractivity contribution >= 4 is 5.78 Å². The van der Waals surface area contributed by atoms with Gasteiger partial charge in [0.05, 0.1) is 0 Å². The summed E-state index contributed by atoms with van der Waals surface area (Å²) in [6.45, 7) is 1.84. The van der Waals surface area contributed by atoms with Crippen molar-refractivity contribution in [2.45, 2.75) is 32.0 Å². The summed E-state index contributed by atoms with van der Waals surface area (Å²) in [5.74, 6) is -8.62. The van der Waals surface area contributed by atoms with Crippen LogP contribution in [-0.2, 0) is 6.54 Å². The lowest BCUT2D eigenvalue weighted by atomic mass is 10.2. The van der Waals surface area contributed by atoms with Crippen molar-refractivity contribution in [2.24, 2.45) is 0 Å². The number of aromatic nitrogens is 2. The Bertz CT molecular complexity index is 410. The molecule has 0 unspecified atom stereocenters. The smallest absolute Gasteiger partial charge is 0.328 e. The predicted molar refractivity (Wildman–Crippen MR) is 47.9 cm³/mol. The van der Waals surface area contributed by atoms with Crippen LogP contribution < -0.4 is 0 Å². The zero-order valence-corrected chi connectivity index (χ0v) is 8.76. The number of Topliss-reactive ketones (excluding diaryl/α,β-unsaturated/α-hetero) is 1. The van der Waals surface area contributed by atoms with Crippen LogP contribution in [0.1, 0.15) is 24.0 Å². The summed E-state index contributed by atoms with van der Waals surface area (Å²) >= 11 is 0. The molecule has 0 saturated carbocycles. The molecular formula is C9H9F5N2O. The maximum atomic E-state index is 12.8. The van der Waals surface area contributed by atoms with Gasteiger partial charge < -0.3 is 4.57 Å². The minimum atomic E-state index is -5.91. The number of carbonyl (C=O) groups excluding carboxylic acids is 1. The summed E-state index contributed by atoms with van der Waals surface area (Å²) in [5, 5.41) is 0. The van der Waals surface area contributed by atoms with Crippen molar-refractivity contribution in [1.29, 1.82) is 0 Å². The fraction of sp³-hybridized carbons (Fsp3) is 0.556. The predicted octanol–water partition coefficient (Wildman–Crippen LogP) is 2.67. The molecule has 1 aromatic rings. The first-order valence-corrected chi connectivity index (χ1v) is 4.72. The molecule has 1 rings (SSSR count). The van der Waals surface area contributed by atoms with Gasteiger partial charge in [0.15, 0.2) is 5.82 Å². The van der Waals surface area contributed by atoms with Crippen LogP contribution in [0, 0.1) is 0 Å². The number of ketones is 1. The highest BCUT2D eigenvalue weighted by molar-refractivity contribution is 5.99. The Kier molecular flexibility index (Phi) is 3.53. The number of aryl methyl sites for hydroxylation is 1. The van der Waals surface area contributed by atoms with E-state index in [4.69, 9.17) is 0 Å². The third-order valence-corrected chi connectivity index (χ3v) is 2.02.